The number of aromatic amines is 1. The monoisotopic (exact) mass is 276 g/mol. The van der Waals surface area contributed by atoms with Crippen molar-refractivity contribution < 1.29 is 0 Å². The molecule has 0 saturated heterocycles. The molecular formula is C19H20N2. The Morgan fingerprint density at radius 1 is 0.905 bits per heavy atom. The van der Waals surface area contributed by atoms with E-state index in [1.165, 1.54) is 16.5 Å². The quantitative estimate of drug-likeness (QED) is 0.622. The first-order valence-electron chi connectivity index (χ1n) is 7.25. The molecule has 0 fully saturated rings. The van der Waals surface area contributed by atoms with E-state index in [4.69, 9.17) is 0 Å². The molecule has 0 radical (unpaired) electrons. The summed E-state index contributed by atoms with van der Waals surface area (Å²) < 4.78 is 0. The summed E-state index contributed by atoms with van der Waals surface area (Å²) in [5.74, 6) is 0. The van der Waals surface area contributed by atoms with Gasteiger partial charge in [0.1, 0.15) is 0 Å². The molecule has 3 aromatic rings. The maximum absolute atomic E-state index is 4.64. The number of nitrogens with zero attached hydrogens (tertiary/aromatic N) is 1. The Bertz CT molecular complexity index is 783. The van der Waals surface area contributed by atoms with Crippen LogP contribution in [0.1, 0.15) is 32.2 Å². The van der Waals surface area contributed by atoms with Crippen molar-refractivity contribution >= 4 is 22.7 Å². The van der Waals surface area contributed by atoms with E-state index in [1.807, 2.05) is 24.4 Å². The lowest BCUT2D eigenvalue weighted by atomic mass is 9.93. The molecule has 1 aromatic heterocycles. The van der Waals surface area contributed by atoms with Gasteiger partial charge in [-0.2, -0.15) is 0 Å². The van der Waals surface area contributed by atoms with Gasteiger partial charge in [-0.1, -0.05) is 57.2 Å². The van der Waals surface area contributed by atoms with Crippen LogP contribution in [0.5, 0.6) is 0 Å². The van der Waals surface area contributed by atoms with Crippen LogP contribution >= 0.6 is 0 Å². The topological polar surface area (TPSA) is 28.1 Å². The van der Waals surface area contributed by atoms with Gasteiger partial charge in [-0.3, -0.25) is 4.99 Å². The van der Waals surface area contributed by atoms with Crippen molar-refractivity contribution in [3.63, 3.8) is 0 Å². The molecule has 0 aliphatic carbocycles. The SMILES string of the molecule is CC(C)(C)c1ccc(C=Nc2cccc3ccccc23)[nH]1. The van der Waals surface area contributed by atoms with Gasteiger partial charge in [0.25, 0.3) is 0 Å². The molecule has 0 amide bonds. The fraction of sp³-hybridized carbons (Fsp3) is 0.211. The fourth-order valence-corrected chi connectivity index (χ4v) is 2.38. The summed E-state index contributed by atoms with van der Waals surface area (Å²) in [6.07, 6.45) is 1.90. The highest BCUT2D eigenvalue weighted by Crippen LogP contribution is 2.26. The zero-order valence-corrected chi connectivity index (χ0v) is 12.7. The van der Waals surface area contributed by atoms with Gasteiger partial charge in [0.15, 0.2) is 0 Å². The molecular weight excluding hydrogens is 256 g/mol. The summed E-state index contributed by atoms with van der Waals surface area (Å²) in [7, 11) is 0. The lowest BCUT2D eigenvalue weighted by molar-refractivity contribution is 0.572. The number of aromatic nitrogens is 1. The van der Waals surface area contributed by atoms with Crippen LogP contribution in [-0.2, 0) is 5.41 Å². The molecule has 0 spiro atoms. The molecule has 0 atom stereocenters. The van der Waals surface area contributed by atoms with E-state index in [2.05, 4.69) is 67.1 Å². The van der Waals surface area contributed by atoms with Crippen LogP contribution in [0.15, 0.2) is 59.6 Å². The first-order chi connectivity index (χ1) is 10.0. The molecule has 21 heavy (non-hydrogen) atoms. The Morgan fingerprint density at radius 3 is 2.43 bits per heavy atom. The summed E-state index contributed by atoms with van der Waals surface area (Å²) in [4.78, 5) is 8.07. The Morgan fingerprint density at radius 2 is 1.67 bits per heavy atom. The summed E-state index contributed by atoms with van der Waals surface area (Å²) in [6, 6.07) is 18.7. The second-order valence-electron chi connectivity index (χ2n) is 6.33. The first-order valence-corrected chi connectivity index (χ1v) is 7.25. The fourth-order valence-electron chi connectivity index (χ4n) is 2.38. The minimum atomic E-state index is 0.130. The van der Waals surface area contributed by atoms with Crippen LogP contribution in [0, 0.1) is 0 Å². The molecule has 0 aliphatic heterocycles. The van der Waals surface area contributed by atoms with Gasteiger partial charge in [-0.05, 0) is 23.6 Å². The number of rotatable bonds is 2. The average molecular weight is 276 g/mol. The number of aliphatic imine (C=N–C) groups is 1. The maximum atomic E-state index is 4.64. The van der Waals surface area contributed by atoms with Crippen LogP contribution in [0.25, 0.3) is 10.8 Å². The van der Waals surface area contributed by atoms with E-state index < -0.39 is 0 Å². The minimum Gasteiger partial charge on any atom is -0.357 e. The van der Waals surface area contributed by atoms with Crippen LogP contribution in [0.3, 0.4) is 0 Å². The molecule has 2 heteroatoms. The van der Waals surface area contributed by atoms with E-state index >= 15 is 0 Å². The number of nitrogens with one attached hydrogen (secondary N) is 1. The smallest absolute Gasteiger partial charge is 0.0708 e. The summed E-state index contributed by atoms with van der Waals surface area (Å²) in [5.41, 5.74) is 3.39. The van der Waals surface area contributed by atoms with E-state index in [0.717, 1.165) is 11.4 Å². The second-order valence-corrected chi connectivity index (χ2v) is 6.33. The average Bonchev–Trinajstić information content (AvgIpc) is 2.94. The molecule has 1 heterocycles. The maximum Gasteiger partial charge on any atom is 0.0708 e. The van der Waals surface area contributed by atoms with Crippen molar-refractivity contribution in [1.82, 2.24) is 4.98 Å². The largest absolute Gasteiger partial charge is 0.357 e. The summed E-state index contributed by atoms with van der Waals surface area (Å²) >= 11 is 0. The van der Waals surface area contributed by atoms with E-state index in [0.29, 0.717) is 0 Å². The summed E-state index contributed by atoms with van der Waals surface area (Å²) in [5, 5.41) is 2.40. The third-order valence-electron chi connectivity index (χ3n) is 3.63. The first kappa shape index (κ1) is 13.6. The highest BCUT2D eigenvalue weighted by Gasteiger charge is 2.14. The van der Waals surface area contributed by atoms with Crippen LogP contribution < -0.4 is 0 Å². The molecule has 0 unspecified atom stereocenters. The van der Waals surface area contributed by atoms with Gasteiger partial charge < -0.3 is 4.98 Å². The predicted molar refractivity (Wildman–Crippen MR) is 90.7 cm³/mol. The van der Waals surface area contributed by atoms with Crippen LogP contribution in [0.2, 0.25) is 0 Å². The number of H-pyrrole nitrogens is 1. The Hall–Kier alpha value is -2.35. The number of fused-ring (bicyclic) bond motifs is 1. The second kappa shape index (κ2) is 5.21. The van der Waals surface area contributed by atoms with Gasteiger partial charge in [0.2, 0.25) is 0 Å². The minimum absolute atomic E-state index is 0.130. The molecule has 2 nitrogen and oxygen atoms in total. The van der Waals surface area contributed by atoms with Crippen molar-refractivity contribution in [2.24, 2.45) is 4.99 Å². The summed E-state index contributed by atoms with van der Waals surface area (Å²) in [6.45, 7) is 6.60. The lowest BCUT2D eigenvalue weighted by Gasteiger charge is -2.15. The molecule has 0 bridgehead atoms. The van der Waals surface area contributed by atoms with Gasteiger partial charge in [0.05, 0.1) is 17.6 Å². The van der Waals surface area contributed by atoms with Crippen LogP contribution in [-0.4, -0.2) is 11.2 Å². The van der Waals surface area contributed by atoms with E-state index in [9.17, 15) is 0 Å². The number of hydrogen-bond acceptors (Lipinski definition) is 1. The van der Waals surface area contributed by atoms with Crippen molar-refractivity contribution in [1.29, 1.82) is 0 Å². The molecule has 2 aromatic carbocycles. The van der Waals surface area contributed by atoms with Crippen LogP contribution in [0.4, 0.5) is 5.69 Å². The standard InChI is InChI=1S/C19H20N2/c1-19(2,3)18-12-11-15(21-18)13-20-17-10-6-8-14-7-4-5-9-16(14)17/h4-13,21H,1-3H3. The predicted octanol–water partition coefficient (Wildman–Crippen LogP) is 5.22. The van der Waals surface area contributed by atoms with Gasteiger partial charge in [-0.25, -0.2) is 0 Å². The molecule has 0 aliphatic rings. The molecule has 0 saturated carbocycles. The normalized spacial score (nSPS) is 12.3. The third kappa shape index (κ3) is 2.89. The number of hydrogen-bond donors (Lipinski definition) is 1. The number of benzene rings is 2. The van der Waals surface area contributed by atoms with E-state index in [1.54, 1.807) is 0 Å². The Kier molecular flexibility index (Phi) is 3.38. The van der Waals surface area contributed by atoms with E-state index in [-0.39, 0.29) is 5.41 Å². The highest BCUT2D eigenvalue weighted by atomic mass is 14.8. The van der Waals surface area contributed by atoms with Crippen molar-refractivity contribution in [3.05, 3.63) is 66.0 Å². The molecule has 1 N–H and O–H groups in total. The lowest BCUT2D eigenvalue weighted by Crippen LogP contribution is -2.11. The highest BCUT2D eigenvalue weighted by molar-refractivity contribution is 5.94. The Balaban J connectivity index is 1.93. The van der Waals surface area contributed by atoms with Gasteiger partial charge in [-0.15, -0.1) is 0 Å². The third-order valence-corrected chi connectivity index (χ3v) is 3.63. The van der Waals surface area contributed by atoms with Crippen molar-refractivity contribution in [2.75, 3.05) is 0 Å². The zero-order chi connectivity index (χ0) is 14.9. The molecule has 3 rings (SSSR count). The van der Waals surface area contributed by atoms with Gasteiger partial charge >= 0.3 is 0 Å². The van der Waals surface area contributed by atoms with Gasteiger partial charge in [0, 0.05) is 16.5 Å². The zero-order valence-electron chi connectivity index (χ0n) is 12.7. The van der Waals surface area contributed by atoms with Crippen molar-refractivity contribution in [2.45, 2.75) is 26.2 Å². The molecule has 106 valence electrons. The Labute approximate surface area is 125 Å². The van der Waals surface area contributed by atoms with Crippen molar-refractivity contribution in [3.8, 4) is 0 Å².